The van der Waals surface area contributed by atoms with E-state index in [-0.39, 0.29) is 17.9 Å². The van der Waals surface area contributed by atoms with Gasteiger partial charge in [0.25, 0.3) is 0 Å². The standard InChI is InChI=1S/C15H24N2O2/c1-11(5-4-6-12(2)16)15(18)17-13-7-9-14(19-3)10-8-13/h7-12H,4-6,16H2,1-3H3,(H,17,18). The Morgan fingerprint density at radius 2 is 1.89 bits per heavy atom. The SMILES string of the molecule is COc1ccc(NC(=O)C(C)CCCC(C)N)cc1. The number of methoxy groups -OCH3 is 1. The Morgan fingerprint density at radius 1 is 1.26 bits per heavy atom. The summed E-state index contributed by atoms with van der Waals surface area (Å²) < 4.78 is 5.07. The Morgan fingerprint density at radius 3 is 2.42 bits per heavy atom. The van der Waals surface area contributed by atoms with Crippen LogP contribution in [0.2, 0.25) is 0 Å². The molecule has 1 aromatic rings. The van der Waals surface area contributed by atoms with E-state index in [1.54, 1.807) is 7.11 Å². The summed E-state index contributed by atoms with van der Waals surface area (Å²) in [5.41, 5.74) is 6.49. The molecule has 0 aliphatic carbocycles. The molecular formula is C15H24N2O2. The number of carbonyl (C=O) groups excluding carboxylic acids is 1. The van der Waals surface area contributed by atoms with Crippen LogP contribution < -0.4 is 15.8 Å². The van der Waals surface area contributed by atoms with Crippen molar-refractivity contribution >= 4 is 11.6 Å². The van der Waals surface area contributed by atoms with E-state index in [2.05, 4.69) is 5.32 Å². The van der Waals surface area contributed by atoms with Gasteiger partial charge in [-0.2, -0.15) is 0 Å². The highest BCUT2D eigenvalue weighted by molar-refractivity contribution is 5.92. The van der Waals surface area contributed by atoms with Gasteiger partial charge in [0.2, 0.25) is 5.91 Å². The summed E-state index contributed by atoms with van der Waals surface area (Å²) in [5, 5.41) is 2.91. The van der Waals surface area contributed by atoms with Gasteiger partial charge in [0.1, 0.15) is 5.75 Å². The molecule has 3 N–H and O–H groups in total. The first kappa shape index (κ1) is 15.5. The Kier molecular flexibility index (Phi) is 6.36. The topological polar surface area (TPSA) is 64.3 Å². The first-order chi connectivity index (χ1) is 9.02. The largest absolute Gasteiger partial charge is 0.497 e. The number of ether oxygens (including phenoxy) is 1. The third-order valence-corrected chi connectivity index (χ3v) is 3.10. The highest BCUT2D eigenvalue weighted by Gasteiger charge is 2.13. The van der Waals surface area contributed by atoms with Crippen LogP contribution in [0.3, 0.4) is 0 Å². The van der Waals surface area contributed by atoms with Crippen LogP contribution in [0.25, 0.3) is 0 Å². The van der Waals surface area contributed by atoms with Crippen LogP contribution in [-0.4, -0.2) is 19.1 Å². The maximum absolute atomic E-state index is 12.0. The van der Waals surface area contributed by atoms with E-state index in [1.165, 1.54) is 0 Å². The molecule has 4 nitrogen and oxygen atoms in total. The summed E-state index contributed by atoms with van der Waals surface area (Å²) in [5.74, 6) is 0.832. The highest BCUT2D eigenvalue weighted by Crippen LogP contribution is 2.17. The van der Waals surface area contributed by atoms with Gasteiger partial charge in [-0.05, 0) is 44.0 Å². The van der Waals surface area contributed by atoms with Crippen molar-refractivity contribution in [1.29, 1.82) is 0 Å². The van der Waals surface area contributed by atoms with Crippen molar-refractivity contribution in [3.8, 4) is 5.75 Å². The van der Waals surface area contributed by atoms with Crippen molar-refractivity contribution in [3.05, 3.63) is 24.3 Å². The predicted molar refractivity (Wildman–Crippen MR) is 78.3 cm³/mol. The number of rotatable bonds is 7. The minimum Gasteiger partial charge on any atom is -0.497 e. The van der Waals surface area contributed by atoms with Gasteiger partial charge in [0.05, 0.1) is 7.11 Å². The Balaban J connectivity index is 2.40. The first-order valence-corrected chi connectivity index (χ1v) is 6.73. The molecule has 0 aromatic heterocycles. The fourth-order valence-corrected chi connectivity index (χ4v) is 1.82. The summed E-state index contributed by atoms with van der Waals surface area (Å²) in [6, 6.07) is 7.54. The Bertz CT molecular complexity index is 388. The van der Waals surface area contributed by atoms with Crippen LogP contribution in [0, 0.1) is 5.92 Å². The lowest BCUT2D eigenvalue weighted by atomic mass is 10.0. The van der Waals surface area contributed by atoms with Crippen molar-refractivity contribution in [2.24, 2.45) is 11.7 Å². The molecule has 0 bridgehead atoms. The van der Waals surface area contributed by atoms with Crippen LogP contribution in [0.4, 0.5) is 5.69 Å². The van der Waals surface area contributed by atoms with Crippen molar-refractivity contribution < 1.29 is 9.53 Å². The fraction of sp³-hybridized carbons (Fsp3) is 0.533. The van der Waals surface area contributed by atoms with Crippen LogP contribution in [0.15, 0.2) is 24.3 Å². The number of benzene rings is 1. The number of carbonyl (C=O) groups is 1. The zero-order valence-electron chi connectivity index (χ0n) is 12.0. The molecule has 106 valence electrons. The number of nitrogens with one attached hydrogen (secondary N) is 1. The number of hydrogen-bond donors (Lipinski definition) is 2. The van der Waals surface area contributed by atoms with E-state index < -0.39 is 0 Å². The second-order valence-corrected chi connectivity index (χ2v) is 5.03. The average molecular weight is 264 g/mol. The minimum absolute atomic E-state index is 0.000789. The van der Waals surface area contributed by atoms with Gasteiger partial charge in [-0.15, -0.1) is 0 Å². The van der Waals surface area contributed by atoms with Crippen molar-refractivity contribution in [2.75, 3.05) is 12.4 Å². The number of nitrogens with two attached hydrogens (primary N) is 1. The Hall–Kier alpha value is -1.55. The molecule has 0 aliphatic heterocycles. The smallest absolute Gasteiger partial charge is 0.227 e. The number of hydrogen-bond acceptors (Lipinski definition) is 3. The van der Waals surface area contributed by atoms with Crippen LogP contribution in [0.1, 0.15) is 33.1 Å². The second kappa shape index (κ2) is 7.79. The van der Waals surface area contributed by atoms with Gasteiger partial charge in [-0.1, -0.05) is 13.3 Å². The lowest BCUT2D eigenvalue weighted by molar-refractivity contribution is -0.119. The zero-order chi connectivity index (χ0) is 14.3. The molecule has 2 unspecified atom stereocenters. The number of amides is 1. The molecule has 2 atom stereocenters. The van der Waals surface area contributed by atoms with E-state index in [0.29, 0.717) is 0 Å². The van der Waals surface area contributed by atoms with Gasteiger partial charge in [-0.25, -0.2) is 0 Å². The lowest BCUT2D eigenvalue weighted by Gasteiger charge is -2.13. The van der Waals surface area contributed by atoms with Crippen LogP contribution in [0.5, 0.6) is 5.75 Å². The molecule has 4 heteroatoms. The summed E-state index contributed by atoms with van der Waals surface area (Å²) in [7, 11) is 1.62. The molecule has 0 radical (unpaired) electrons. The molecule has 0 saturated heterocycles. The first-order valence-electron chi connectivity index (χ1n) is 6.73. The van der Waals surface area contributed by atoms with E-state index >= 15 is 0 Å². The molecule has 1 aromatic carbocycles. The monoisotopic (exact) mass is 264 g/mol. The third-order valence-electron chi connectivity index (χ3n) is 3.10. The zero-order valence-corrected chi connectivity index (χ0v) is 12.0. The molecular weight excluding hydrogens is 240 g/mol. The summed E-state index contributed by atoms with van der Waals surface area (Å²) in [6.45, 7) is 3.93. The van der Waals surface area contributed by atoms with Crippen molar-refractivity contribution in [3.63, 3.8) is 0 Å². The van der Waals surface area contributed by atoms with Gasteiger partial charge in [0, 0.05) is 17.6 Å². The minimum atomic E-state index is 0.000789. The molecule has 0 fully saturated rings. The van der Waals surface area contributed by atoms with Gasteiger partial charge >= 0.3 is 0 Å². The number of anilines is 1. The molecule has 1 rings (SSSR count). The van der Waals surface area contributed by atoms with Crippen LogP contribution in [-0.2, 0) is 4.79 Å². The molecule has 0 aliphatic rings. The van der Waals surface area contributed by atoms with Gasteiger partial charge in [-0.3, -0.25) is 4.79 Å². The molecule has 0 heterocycles. The predicted octanol–water partition coefficient (Wildman–Crippen LogP) is 2.79. The molecule has 1 amide bonds. The lowest BCUT2D eigenvalue weighted by Crippen LogP contribution is -2.21. The summed E-state index contributed by atoms with van der Waals surface area (Å²) >= 11 is 0. The highest BCUT2D eigenvalue weighted by atomic mass is 16.5. The third kappa shape index (κ3) is 5.75. The molecule has 0 saturated carbocycles. The van der Waals surface area contributed by atoms with E-state index in [4.69, 9.17) is 10.5 Å². The maximum atomic E-state index is 12.0. The second-order valence-electron chi connectivity index (χ2n) is 5.03. The normalized spacial score (nSPS) is 13.7. The van der Waals surface area contributed by atoms with Crippen molar-refractivity contribution in [2.45, 2.75) is 39.2 Å². The van der Waals surface area contributed by atoms with Crippen LogP contribution >= 0.6 is 0 Å². The quantitative estimate of drug-likeness (QED) is 0.796. The summed E-state index contributed by atoms with van der Waals surface area (Å²) in [4.78, 5) is 12.0. The van der Waals surface area contributed by atoms with E-state index in [9.17, 15) is 4.79 Å². The Labute approximate surface area is 115 Å². The molecule has 0 spiro atoms. The maximum Gasteiger partial charge on any atom is 0.227 e. The average Bonchev–Trinajstić information content (AvgIpc) is 2.39. The van der Waals surface area contributed by atoms with Gasteiger partial charge in [0.15, 0.2) is 0 Å². The van der Waals surface area contributed by atoms with E-state index in [1.807, 2.05) is 38.1 Å². The summed E-state index contributed by atoms with van der Waals surface area (Å²) in [6.07, 6.45) is 2.80. The molecule has 19 heavy (non-hydrogen) atoms. The fourth-order valence-electron chi connectivity index (χ4n) is 1.82. The van der Waals surface area contributed by atoms with E-state index in [0.717, 1.165) is 30.7 Å². The van der Waals surface area contributed by atoms with Crippen molar-refractivity contribution in [1.82, 2.24) is 0 Å². The van der Waals surface area contributed by atoms with Gasteiger partial charge < -0.3 is 15.8 Å².